The van der Waals surface area contributed by atoms with Gasteiger partial charge in [-0.3, -0.25) is 9.20 Å². The summed E-state index contributed by atoms with van der Waals surface area (Å²) >= 11 is 0. The minimum absolute atomic E-state index is 0.101. The molecule has 11 heteroatoms. The average molecular weight is 490 g/mol. The van der Waals surface area contributed by atoms with Gasteiger partial charge in [0.1, 0.15) is 22.9 Å². The lowest BCUT2D eigenvalue weighted by Gasteiger charge is -2.28. The van der Waals surface area contributed by atoms with Crippen molar-refractivity contribution in [1.82, 2.24) is 18.4 Å². The Hall–Kier alpha value is -3.18. The van der Waals surface area contributed by atoms with E-state index in [2.05, 4.69) is 14.6 Å². The summed E-state index contributed by atoms with van der Waals surface area (Å²) < 4.78 is 49.1. The first-order valence-corrected chi connectivity index (χ1v) is 12.5. The average Bonchev–Trinajstić information content (AvgIpc) is 3.45. The van der Waals surface area contributed by atoms with Crippen molar-refractivity contribution in [2.75, 3.05) is 32.1 Å². The molecule has 1 aliphatic rings. The van der Waals surface area contributed by atoms with Gasteiger partial charge in [0.25, 0.3) is 5.91 Å². The van der Waals surface area contributed by atoms with E-state index < -0.39 is 16.1 Å². The maximum atomic E-state index is 14.0. The number of halogens is 1. The first-order chi connectivity index (χ1) is 16.2. The first kappa shape index (κ1) is 24.0. The van der Waals surface area contributed by atoms with Crippen molar-refractivity contribution >= 4 is 27.5 Å². The number of anilines is 1. The van der Waals surface area contributed by atoms with Gasteiger partial charge >= 0.3 is 10.2 Å². The monoisotopic (exact) mass is 489 g/mol. The number of carbonyl (C=O) groups is 1. The quantitative estimate of drug-likeness (QED) is 0.522. The molecule has 1 aliphatic heterocycles. The van der Waals surface area contributed by atoms with E-state index >= 15 is 0 Å². The topological polar surface area (TPSA) is 96.2 Å². The maximum absolute atomic E-state index is 14.0. The van der Waals surface area contributed by atoms with E-state index in [9.17, 15) is 17.6 Å². The van der Waals surface area contributed by atoms with E-state index in [0.29, 0.717) is 24.4 Å². The van der Waals surface area contributed by atoms with E-state index in [0.717, 1.165) is 34.9 Å². The van der Waals surface area contributed by atoms with Crippen LogP contribution >= 0.6 is 0 Å². The van der Waals surface area contributed by atoms with Crippen molar-refractivity contribution in [3.05, 3.63) is 59.8 Å². The fourth-order valence-electron chi connectivity index (χ4n) is 4.35. The van der Waals surface area contributed by atoms with E-state index in [4.69, 9.17) is 4.74 Å². The van der Waals surface area contributed by atoms with Crippen LogP contribution in [0.4, 0.5) is 10.1 Å². The Kier molecular flexibility index (Phi) is 6.76. The Balaban J connectivity index is 1.66. The molecule has 0 unspecified atom stereocenters. The van der Waals surface area contributed by atoms with Crippen molar-refractivity contribution in [2.24, 2.45) is 0 Å². The number of carbonyl (C=O) groups excluding carboxylic acids is 1. The molecular weight excluding hydrogens is 461 g/mol. The van der Waals surface area contributed by atoms with Gasteiger partial charge in [0, 0.05) is 31.9 Å². The fraction of sp³-hybridized carbons (Fsp3) is 0.391. The molecule has 1 saturated heterocycles. The third kappa shape index (κ3) is 4.58. The van der Waals surface area contributed by atoms with Crippen LogP contribution in [-0.4, -0.2) is 55.3 Å². The SMILES string of the molecule is CCCN(C)S(=O)(=O)NC(=O)c1cnc2ccc(N3CCC[C@@H]3c3cc(F)ccc3OC)cn12. The standard InChI is InChI=1S/C23H28FN5O4S/c1-4-11-27(2)34(31,32)26-23(30)20-14-25-22-10-8-17(15-29(20)22)28-12-5-6-19(28)18-13-16(24)7-9-21(18)33-3/h7-10,13-15,19H,4-6,11-12H2,1-3H3,(H,26,30)/t19-/m1/s1. The number of pyridine rings is 1. The lowest BCUT2D eigenvalue weighted by atomic mass is 10.0. The van der Waals surface area contributed by atoms with E-state index in [-0.39, 0.29) is 17.6 Å². The summed E-state index contributed by atoms with van der Waals surface area (Å²) in [5, 5.41) is 0. The Morgan fingerprint density at radius 3 is 2.85 bits per heavy atom. The number of imidazole rings is 1. The second-order valence-electron chi connectivity index (χ2n) is 8.25. The molecule has 0 bridgehead atoms. The molecule has 0 spiro atoms. The molecule has 1 amide bonds. The number of amides is 1. The lowest BCUT2D eigenvalue weighted by Crippen LogP contribution is -2.42. The molecule has 182 valence electrons. The third-order valence-electron chi connectivity index (χ3n) is 6.03. The van der Waals surface area contributed by atoms with Crippen molar-refractivity contribution in [3.63, 3.8) is 0 Å². The normalized spacial score (nSPS) is 16.4. The largest absolute Gasteiger partial charge is 0.496 e. The third-order valence-corrected chi connectivity index (χ3v) is 7.47. The van der Waals surface area contributed by atoms with E-state index in [1.165, 1.54) is 25.4 Å². The number of methoxy groups -OCH3 is 1. The second kappa shape index (κ2) is 9.59. The zero-order valence-electron chi connectivity index (χ0n) is 19.4. The predicted molar refractivity (Wildman–Crippen MR) is 127 cm³/mol. The van der Waals surface area contributed by atoms with Crippen LogP contribution in [0.15, 0.2) is 42.7 Å². The molecule has 0 radical (unpaired) electrons. The number of rotatable bonds is 8. The molecule has 3 heterocycles. The molecule has 2 aromatic heterocycles. The summed E-state index contributed by atoms with van der Waals surface area (Å²) in [7, 11) is -0.989. The van der Waals surface area contributed by atoms with Crippen LogP contribution in [0.2, 0.25) is 0 Å². The highest BCUT2D eigenvalue weighted by Gasteiger charge is 2.30. The van der Waals surface area contributed by atoms with Crippen LogP contribution in [0.25, 0.3) is 5.65 Å². The first-order valence-electron chi connectivity index (χ1n) is 11.1. The number of fused-ring (bicyclic) bond motifs is 1. The highest BCUT2D eigenvalue weighted by Crippen LogP contribution is 2.40. The van der Waals surface area contributed by atoms with E-state index in [1.54, 1.807) is 29.8 Å². The fourth-order valence-corrected chi connectivity index (χ4v) is 5.27. The molecule has 4 rings (SSSR count). The zero-order chi connectivity index (χ0) is 24.5. The molecule has 0 saturated carbocycles. The molecule has 1 fully saturated rings. The van der Waals surface area contributed by atoms with Crippen molar-refractivity contribution in [1.29, 1.82) is 0 Å². The Morgan fingerprint density at radius 2 is 2.12 bits per heavy atom. The van der Waals surface area contributed by atoms with E-state index in [1.807, 2.05) is 13.0 Å². The van der Waals surface area contributed by atoms with Crippen LogP contribution in [0.3, 0.4) is 0 Å². The minimum Gasteiger partial charge on any atom is -0.496 e. The van der Waals surface area contributed by atoms with Crippen LogP contribution in [0.5, 0.6) is 5.75 Å². The summed E-state index contributed by atoms with van der Waals surface area (Å²) in [6.07, 6.45) is 5.45. The number of benzene rings is 1. The number of ether oxygens (including phenoxy) is 1. The summed E-state index contributed by atoms with van der Waals surface area (Å²) in [4.78, 5) is 19.2. The van der Waals surface area contributed by atoms with Crippen molar-refractivity contribution in [2.45, 2.75) is 32.2 Å². The van der Waals surface area contributed by atoms with Crippen molar-refractivity contribution < 1.29 is 22.3 Å². The van der Waals surface area contributed by atoms with Gasteiger partial charge in [-0.05, 0) is 49.6 Å². The van der Waals surface area contributed by atoms with Gasteiger partial charge in [0.2, 0.25) is 0 Å². The summed E-state index contributed by atoms with van der Waals surface area (Å²) in [6, 6.07) is 8.04. The molecular formula is C23H28FN5O4S. The number of nitrogens with one attached hydrogen (secondary N) is 1. The highest BCUT2D eigenvalue weighted by atomic mass is 32.2. The highest BCUT2D eigenvalue weighted by molar-refractivity contribution is 7.87. The smallest absolute Gasteiger partial charge is 0.303 e. The zero-order valence-corrected chi connectivity index (χ0v) is 20.2. The molecule has 3 aromatic rings. The van der Waals surface area contributed by atoms with Gasteiger partial charge in [0.15, 0.2) is 0 Å². The Labute approximate surface area is 198 Å². The van der Waals surface area contributed by atoms with Crippen LogP contribution in [-0.2, 0) is 10.2 Å². The molecule has 34 heavy (non-hydrogen) atoms. The number of hydrogen-bond donors (Lipinski definition) is 1. The van der Waals surface area contributed by atoms with Gasteiger partial charge < -0.3 is 9.64 Å². The molecule has 1 aromatic carbocycles. The van der Waals surface area contributed by atoms with Crippen LogP contribution in [0, 0.1) is 5.82 Å². The Bertz CT molecular complexity index is 1310. The van der Waals surface area contributed by atoms with Gasteiger partial charge in [-0.25, -0.2) is 14.1 Å². The number of aromatic nitrogens is 2. The summed E-state index contributed by atoms with van der Waals surface area (Å²) in [5.41, 5.74) is 2.17. The summed E-state index contributed by atoms with van der Waals surface area (Å²) in [6.45, 7) is 2.88. The molecule has 1 N–H and O–H groups in total. The van der Waals surface area contributed by atoms with Gasteiger partial charge in [-0.15, -0.1) is 0 Å². The van der Waals surface area contributed by atoms with Crippen LogP contribution < -0.4 is 14.4 Å². The number of nitrogens with zero attached hydrogens (tertiary/aromatic N) is 4. The van der Waals surface area contributed by atoms with Crippen molar-refractivity contribution in [3.8, 4) is 5.75 Å². The molecule has 9 nitrogen and oxygen atoms in total. The molecule has 1 atom stereocenters. The number of hydrogen-bond acceptors (Lipinski definition) is 6. The molecule has 0 aliphatic carbocycles. The second-order valence-corrected chi connectivity index (χ2v) is 10.0. The van der Waals surface area contributed by atoms with Gasteiger partial charge in [0.05, 0.1) is 25.0 Å². The van der Waals surface area contributed by atoms with Gasteiger partial charge in [-0.2, -0.15) is 12.7 Å². The summed E-state index contributed by atoms with van der Waals surface area (Å²) in [5.74, 6) is -0.484. The maximum Gasteiger partial charge on any atom is 0.303 e. The van der Waals surface area contributed by atoms with Crippen LogP contribution in [0.1, 0.15) is 48.3 Å². The van der Waals surface area contributed by atoms with Gasteiger partial charge in [-0.1, -0.05) is 6.92 Å². The Morgan fingerprint density at radius 1 is 1.32 bits per heavy atom. The lowest BCUT2D eigenvalue weighted by molar-refractivity contribution is 0.0973. The predicted octanol–water partition coefficient (Wildman–Crippen LogP) is 3.14. The minimum atomic E-state index is -3.97.